The van der Waals surface area contributed by atoms with Crippen LogP contribution in [0.15, 0.2) is 48.7 Å². The number of nitrogens with one attached hydrogen (secondary N) is 3. The highest BCUT2D eigenvalue weighted by molar-refractivity contribution is 6.31. The van der Waals surface area contributed by atoms with Crippen LogP contribution in [0, 0.1) is 11.8 Å². The molecule has 1 aliphatic carbocycles. The third-order valence-corrected chi connectivity index (χ3v) is 7.39. The number of amides is 2. The van der Waals surface area contributed by atoms with Gasteiger partial charge in [-0.2, -0.15) is 0 Å². The Balaban J connectivity index is 1.32. The van der Waals surface area contributed by atoms with Gasteiger partial charge in [0.2, 0.25) is 11.9 Å². The lowest BCUT2D eigenvalue weighted by Crippen LogP contribution is -2.43. The van der Waals surface area contributed by atoms with Crippen LogP contribution >= 0.6 is 11.6 Å². The topological polar surface area (TPSA) is 96.0 Å². The monoisotopic (exact) mass is 489 g/mol. The Labute approximate surface area is 209 Å². The van der Waals surface area contributed by atoms with Gasteiger partial charge in [-0.15, -0.1) is 0 Å². The average Bonchev–Trinajstić information content (AvgIpc) is 2.97. The molecule has 3 aromatic rings. The maximum atomic E-state index is 12.8. The van der Waals surface area contributed by atoms with Crippen LogP contribution in [0.25, 0.3) is 11.3 Å². The van der Waals surface area contributed by atoms with Gasteiger partial charge in [-0.1, -0.05) is 38.3 Å². The van der Waals surface area contributed by atoms with Crippen LogP contribution in [0.1, 0.15) is 49.0 Å². The Hall–Kier alpha value is -3.45. The van der Waals surface area contributed by atoms with Gasteiger partial charge in [0.25, 0.3) is 5.91 Å². The molecule has 2 amide bonds. The van der Waals surface area contributed by atoms with Gasteiger partial charge >= 0.3 is 0 Å². The molecule has 1 aliphatic heterocycles. The third-order valence-electron chi connectivity index (χ3n) is 7.15. The van der Waals surface area contributed by atoms with Gasteiger partial charge in [-0.05, 0) is 60.7 Å². The van der Waals surface area contributed by atoms with Crippen LogP contribution in [0.4, 0.5) is 17.3 Å². The minimum absolute atomic E-state index is 0.0452. The van der Waals surface area contributed by atoms with E-state index in [4.69, 9.17) is 11.6 Å². The highest BCUT2D eigenvalue weighted by Gasteiger charge is 2.28. The van der Waals surface area contributed by atoms with E-state index in [2.05, 4.69) is 39.8 Å². The number of aromatic nitrogens is 2. The summed E-state index contributed by atoms with van der Waals surface area (Å²) in [4.78, 5) is 34.2. The van der Waals surface area contributed by atoms with Crippen molar-refractivity contribution in [2.75, 3.05) is 10.6 Å². The van der Waals surface area contributed by atoms with Crippen LogP contribution in [0.3, 0.4) is 0 Å². The van der Waals surface area contributed by atoms with E-state index in [9.17, 15) is 9.59 Å². The van der Waals surface area contributed by atoms with E-state index in [0.29, 0.717) is 39.8 Å². The fourth-order valence-corrected chi connectivity index (χ4v) is 5.07. The zero-order valence-corrected chi connectivity index (χ0v) is 20.5. The standard InChI is InChI=1S/C27H28ClN5O2/c1-15-4-3-5-22(16(15)2)32-26(35)17-6-9-20(10-7-17)30-27-29-14-18-12-24(34)31-23-13-19(28)8-11-21(23)25(18)33-27/h6-11,13-16,22H,3-5,12H2,1-2H3,(H,31,34)(H,32,35)(H,29,30,33). The highest BCUT2D eigenvalue weighted by atomic mass is 35.5. The largest absolute Gasteiger partial charge is 0.349 e. The summed E-state index contributed by atoms with van der Waals surface area (Å²) in [5.74, 6) is 1.32. The Morgan fingerprint density at radius 2 is 1.91 bits per heavy atom. The van der Waals surface area contributed by atoms with Crippen molar-refractivity contribution in [2.24, 2.45) is 11.8 Å². The Kier molecular flexibility index (Phi) is 6.43. The molecule has 7 nitrogen and oxygen atoms in total. The summed E-state index contributed by atoms with van der Waals surface area (Å²) in [6.45, 7) is 4.48. The molecular weight excluding hydrogens is 462 g/mol. The number of nitrogens with zero attached hydrogens (tertiary/aromatic N) is 2. The van der Waals surface area contributed by atoms with Gasteiger partial charge < -0.3 is 16.0 Å². The normalized spacial score (nSPS) is 21.2. The molecule has 180 valence electrons. The Morgan fingerprint density at radius 1 is 1.11 bits per heavy atom. The predicted octanol–water partition coefficient (Wildman–Crippen LogP) is 5.59. The zero-order valence-electron chi connectivity index (χ0n) is 19.8. The lowest BCUT2D eigenvalue weighted by molar-refractivity contribution is -0.115. The number of rotatable bonds is 4. The molecule has 3 atom stereocenters. The molecule has 2 aliphatic rings. The van der Waals surface area contributed by atoms with Crippen molar-refractivity contribution in [3.05, 3.63) is 64.8 Å². The van der Waals surface area contributed by atoms with Crippen LogP contribution in [0.2, 0.25) is 5.02 Å². The second-order valence-corrected chi connectivity index (χ2v) is 9.97. The SMILES string of the molecule is CC1CCCC(NC(=O)c2ccc(Nc3ncc4c(n3)-c3ccc(Cl)cc3NC(=O)C4)cc2)C1C. The number of carbonyl (C=O) groups is 2. The first-order valence-corrected chi connectivity index (χ1v) is 12.4. The summed E-state index contributed by atoms with van der Waals surface area (Å²) < 4.78 is 0. The molecule has 0 bridgehead atoms. The minimum atomic E-state index is -0.137. The first kappa shape index (κ1) is 23.3. The highest BCUT2D eigenvalue weighted by Crippen LogP contribution is 2.35. The fourth-order valence-electron chi connectivity index (χ4n) is 4.89. The number of hydrogen-bond donors (Lipinski definition) is 3. The molecule has 1 fully saturated rings. The molecule has 2 heterocycles. The van der Waals surface area contributed by atoms with Gasteiger partial charge in [0.1, 0.15) is 0 Å². The molecule has 5 rings (SSSR count). The molecule has 8 heteroatoms. The van der Waals surface area contributed by atoms with E-state index in [1.165, 1.54) is 6.42 Å². The summed E-state index contributed by atoms with van der Waals surface area (Å²) in [5, 5.41) is 9.84. The van der Waals surface area contributed by atoms with Crippen molar-refractivity contribution in [3.63, 3.8) is 0 Å². The molecule has 1 saturated carbocycles. The first-order chi connectivity index (χ1) is 16.9. The maximum absolute atomic E-state index is 12.8. The van der Waals surface area contributed by atoms with E-state index < -0.39 is 0 Å². The van der Waals surface area contributed by atoms with Gasteiger partial charge in [0.15, 0.2) is 0 Å². The van der Waals surface area contributed by atoms with E-state index in [0.717, 1.165) is 29.7 Å². The number of halogens is 1. The first-order valence-electron chi connectivity index (χ1n) is 12.0. The van der Waals surface area contributed by atoms with E-state index in [1.807, 2.05) is 18.2 Å². The van der Waals surface area contributed by atoms with E-state index >= 15 is 0 Å². The molecule has 0 saturated heterocycles. The molecule has 3 N–H and O–H groups in total. The average molecular weight is 490 g/mol. The van der Waals surface area contributed by atoms with Gasteiger partial charge in [-0.25, -0.2) is 9.97 Å². The van der Waals surface area contributed by atoms with Crippen molar-refractivity contribution in [3.8, 4) is 11.3 Å². The van der Waals surface area contributed by atoms with Crippen LogP contribution in [0.5, 0.6) is 0 Å². The quantitative estimate of drug-likeness (QED) is 0.444. The smallest absolute Gasteiger partial charge is 0.251 e. The van der Waals surface area contributed by atoms with Gasteiger partial charge in [0, 0.05) is 39.6 Å². The summed E-state index contributed by atoms with van der Waals surface area (Å²) in [6, 6.07) is 12.9. The van der Waals surface area contributed by atoms with Crippen LogP contribution < -0.4 is 16.0 Å². The minimum Gasteiger partial charge on any atom is -0.349 e. The van der Waals surface area contributed by atoms with E-state index in [-0.39, 0.29) is 24.3 Å². The summed E-state index contributed by atoms with van der Waals surface area (Å²) in [7, 11) is 0. The lowest BCUT2D eigenvalue weighted by Gasteiger charge is -2.34. The summed E-state index contributed by atoms with van der Waals surface area (Å²) in [5.41, 5.74) is 4.23. The zero-order chi connectivity index (χ0) is 24.5. The van der Waals surface area contributed by atoms with Crippen LogP contribution in [-0.4, -0.2) is 27.8 Å². The molecular formula is C27H28ClN5O2. The summed E-state index contributed by atoms with van der Waals surface area (Å²) in [6.07, 6.45) is 5.27. The van der Waals surface area contributed by atoms with E-state index in [1.54, 1.807) is 30.5 Å². The lowest BCUT2D eigenvalue weighted by atomic mass is 9.78. The molecule has 0 spiro atoms. The number of carbonyl (C=O) groups excluding carboxylic acids is 2. The number of hydrogen-bond acceptors (Lipinski definition) is 5. The van der Waals surface area contributed by atoms with Crippen molar-refractivity contribution >= 4 is 40.7 Å². The molecule has 3 unspecified atom stereocenters. The Bertz CT molecular complexity index is 1280. The number of benzene rings is 2. The third kappa shape index (κ3) is 5.00. The van der Waals surface area contributed by atoms with Crippen molar-refractivity contribution in [2.45, 2.75) is 45.6 Å². The molecule has 2 aromatic carbocycles. The Morgan fingerprint density at radius 3 is 2.71 bits per heavy atom. The molecule has 1 aromatic heterocycles. The maximum Gasteiger partial charge on any atom is 0.251 e. The fraction of sp³-hybridized carbons (Fsp3) is 0.333. The number of fused-ring (bicyclic) bond motifs is 3. The molecule has 35 heavy (non-hydrogen) atoms. The van der Waals surface area contributed by atoms with Crippen LogP contribution in [-0.2, 0) is 11.2 Å². The van der Waals surface area contributed by atoms with Crippen molar-refractivity contribution in [1.82, 2.24) is 15.3 Å². The van der Waals surface area contributed by atoms with Gasteiger partial charge in [-0.3, -0.25) is 9.59 Å². The van der Waals surface area contributed by atoms with Crippen molar-refractivity contribution < 1.29 is 9.59 Å². The molecule has 0 radical (unpaired) electrons. The number of anilines is 3. The summed E-state index contributed by atoms with van der Waals surface area (Å²) >= 11 is 6.12. The van der Waals surface area contributed by atoms with Crippen molar-refractivity contribution in [1.29, 1.82) is 0 Å². The predicted molar refractivity (Wildman–Crippen MR) is 138 cm³/mol. The second kappa shape index (κ2) is 9.66. The second-order valence-electron chi connectivity index (χ2n) is 9.53. The van der Waals surface area contributed by atoms with Gasteiger partial charge in [0.05, 0.1) is 17.8 Å².